The molecule has 1 unspecified atom stereocenters. The molecule has 1 amide bonds. The molecule has 2 heterocycles. The van der Waals surface area contributed by atoms with E-state index >= 15 is 0 Å². The highest BCUT2D eigenvalue weighted by Crippen LogP contribution is 2.25. The van der Waals surface area contributed by atoms with Crippen LogP contribution in [0.1, 0.15) is 42.5 Å². The molecule has 0 bridgehead atoms. The van der Waals surface area contributed by atoms with E-state index < -0.39 is 0 Å². The zero-order valence-electron chi connectivity index (χ0n) is 11.8. The van der Waals surface area contributed by atoms with Gasteiger partial charge in [0.15, 0.2) is 0 Å². The molecule has 2 fully saturated rings. The lowest BCUT2D eigenvalue weighted by Crippen LogP contribution is -2.32. The molecule has 21 heavy (non-hydrogen) atoms. The van der Waals surface area contributed by atoms with Gasteiger partial charge in [-0.25, -0.2) is 4.98 Å². The summed E-state index contributed by atoms with van der Waals surface area (Å²) in [6.07, 6.45) is 6.81. The average molecular weight is 311 g/mol. The quantitative estimate of drug-likeness (QED) is 0.928. The zero-order valence-corrected chi connectivity index (χ0v) is 12.6. The van der Waals surface area contributed by atoms with Crippen LogP contribution in [0.4, 0.5) is 0 Å². The Bertz CT molecular complexity index is 512. The van der Waals surface area contributed by atoms with Gasteiger partial charge in [-0.3, -0.25) is 4.79 Å². The minimum Gasteiger partial charge on any atom is -0.471 e. The van der Waals surface area contributed by atoms with Gasteiger partial charge in [0.25, 0.3) is 5.91 Å². The molecule has 1 saturated heterocycles. The molecule has 2 aliphatic rings. The second-order valence-corrected chi connectivity index (χ2v) is 5.98. The number of aromatic nitrogens is 1. The van der Waals surface area contributed by atoms with E-state index in [1.165, 1.54) is 19.0 Å². The van der Waals surface area contributed by atoms with Gasteiger partial charge in [-0.1, -0.05) is 24.4 Å². The van der Waals surface area contributed by atoms with Gasteiger partial charge < -0.3 is 14.8 Å². The van der Waals surface area contributed by atoms with E-state index in [-0.39, 0.29) is 18.1 Å². The van der Waals surface area contributed by atoms with Crippen molar-refractivity contribution in [3.05, 3.63) is 22.8 Å². The summed E-state index contributed by atoms with van der Waals surface area (Å²) in [4.78, 5) is 16.3. The molecular weight excluding hydrogens is 292 g/mol. The second kappa shape index (κ2) is 6.62. The molecule has 114 valence electrons. The highest BCUT2D eigenvalue weighted by Gasteiger charge is 2.21. The number of halogens is 1. The second-order valence-electron chi connectivity index (χ2n) is 5.57. The van der Waals surface area contributed by atoms with Crippen molar-refractivity contribution in [2.45, 2.75) is 44.2 Å². The van der Waals surface area contributed by atoms with Gasteiger partial charge in [-0.05, 0) is 18.9 Å². The maximum Gasteiger partial charge on any atom is 0.253 e. The lowest BCUT2D eigenvalue weighted by molar-refractivity contribution is 0.0937. The first kappa shape index (κ1) is 14.6. The van der Waals surface area contributed by atoms with Gasteiger partial charge in [0.05, 0.1) is 18.8 Å². The van der Waals surface area contributed by atoms with Crippen molar-refractivity contribution >= 4 is 17.5 Å². The van der Waals surface area contributed by atoms with Crippen molar-refractivity contribution in [3.8, 4) is 5.88 Å². The SMILES string of the molecule is O=C(NC1CCCC1)c1cnc(OC2CCOC2)c(Cl)c1. The minimum absolute atomic E-state index is 0.00633. The number of ether oxygens (including phenoxy) is 2. The summed E-state index contributed by atoms with van der Waals surface area (Å²) < 4.78 is 10.9. The van der Waals surface area contributed by atoms with Gasteiger partial charge in [-0.2, -0.15) is 0 Å². The van der Waals surface area contributed by atoms with Crippen LogP contribution in [0.2, 0.25) is 5.02 Å². The number of carbonyl (C=O) groups excluding carboxylic acids is 1. The molecule has 0 spiro atoms. The first-order valence-electron chi connectivity index (χ1n) is 7.43. The van der Waals surface area contributed by atoms with E-state index in [4.69, 9.17) is 21.1 Å². The molecule has 6 heteroatoms. The van der Waals surface area contributed by atoms with Crippen LogP contribution in [0.5, 0.6) is 5.88 Å². The summed E-state index contributed by atoms with van der Waals surface area (Å²) in [5, 5.41) is 3.38. The highest BCUT2D eigenvalue weighted by molar-refractivity contribution is 6.32. The Hall–Kier alpha value is -1.33. The largest absolute Gasteiger partial charge is 0.471 e. The standard InChI is InChI=1S/C15H19ClN2O3/c16-13-7-10(14(19)18-11-3-1-2-4-11)8-17-15(13)21-12-5-6-20-9-12/h7-8,11-12H,1-6,9H2,(H,18,19). The topological polar surface area (TPSA) is 60.5 Å². The Morgan fingerprint density at radius 3 is 2.86 bits per heavy atom. The molecule has 0 aromatic carbocycles. The number of rotatable bonds is 4. The molecule has 1 aliphatic heterocycles. The van der Waals surface area contributed by atoms with Crippen molar-refractivity contribution in [1.82, 2.24) is 10.3 Å². The maximum absolute atomic E-state index is 12.1. The number of nitrogens with zero attached hydrogens (tertiary/aromatic N) is 1. The molecule has 1 aromatic rings. The molecule has 1 aromatic heterocycles. The third-order valence-electron chi connectivity index (χ3n) is 3.93. The first-order valence-corrected chi connectivity index (χ1v) is 7.81. The van der Waals surface area contributed by atoms with E-state index in [1.54, 1.807) is 6.07 Å². The molecule has 1 N–H and O–H groups in total. The van der Waals surface area contributed by atoms with E-state index in [0.717, 1.165) is 19.3 Å². The number of amides is 1. The van der Waals surface area contributed by atoms with Gasteiger partial charge in [0.2, 0.25) is 5.88 Å². The fraction of sp³-hybridized carbons (Fsp3) is 0.600. The summed E-state index contributed by atoms with van der Waals surface area (Å²) in [6.45, 7) is 1.26. The van der Waals surface area contributed by atoms with Crippen LogP contribution in [-0.2, 0) is 4.74 Å². The predicted octanol–water partition coefficient (Wildman–Crippen LogP) is 2.58. The number of hydrogen-bond donors (Lipinski definition) is 1. The minimum atomic E-state index is -0.118. The van der Waals surface area contributed by atoms with Gasteiger partial charge in [0.1, 0.15) is 11.1 Å². The lowest BCUT2D eigenvalue weighted by Gasteiger charge is -2.14. The summed E-state index contributed by atoms with van der Waals surface area (Å²) >= 11 is 6.16. The Labute approximate surface area is 129 Å². The third-order valence-corrected chi connectivity index (χ3v) is 4.20. The Kier molecular flexibility index (Phi) is 4.60. The number of carbonyl (C=O) groups is 1. The first-order chi connectivity index (χ1) is 10.2. The number of hydrogen-bond acceptors (Lipinski definition) is 4. The summed E-state index contributed by atoms with van der Waals surface area (Å²) in [5.74, 6) is 0.247. The van der Waals surface area contributed by atoms with Crippen molar-refractivity contribution in [1.29, 1.82) is 0 Å². The molecule has 1 saturated carbocycles. The van der Waals surface area contributed by atoms with Crippen LogP contribution in [-0.4, -0.2) is 36.3 Å². The van der Waals surface area contributed by atoms with Crippen molar-refractivity contribution in [3.63, 3.8) is 0 Å². The van der Waals surface area contributed by atoms with E-state index in [2.05, 4.69) is 10.3 Å². The molecular formula is C15H19ClN2O3. The summed E-state index contributed by atoms with van der Waals surface area (Å²) in [7, 11) is 0. The fourth-order valence-corrected chi connectivity index (χ4v) is 2.95. The van der Waals surface area contributed by atoms with Crippen LogP contribution in [0, 0.1) is 0 Å². The van der Waals surface area contributed by atoms with Crippen LogP contribution in [0.25, 0.3) is 0 Å². The summed E-state index contributed by atoms with van der Waals surface area (Å²) in [6, 6.07) is 1.90. The van der Waals surface area contributed by atoms with Crippen molar-refractivity contribution in [2.75, 3.05) is 13.2 Å². The van der Waals surface area contributed by atoms with Crippen LogP contribution >= 0.6 is 11.6 Å². The van der Waals surface area contributed by atoms with Crippen molar-refractivity contribution in [2.24, 2.45) is 0 Å². The summed E-state index contributed by atoms with van der Waals surface area (Å²) in [5.41, 5.74) is 0.474. The smallest absolute Gasteiger partial charge is 0.253 e. The highest BCUT2D eigenvalue weighted by atomic mass is 35.5. The Balaban J connectivity index is 1.63. The van der Waals surface area contributed by atoms with E-state index in [9.17, 15) is 4.79 Å². The molecule has 1 aliphatic carbocycles. The zero-order chi connectivity index (χ0) is 14.7. The van der Waals surface area contributed by atoms with E-state index in [0.29, 0.717) is 29.7 Å². The van der Waals surface area contributed by atoms with Gasteiger partial charge in [0, 0.05) is 18.7 Å². The number of nitrogens with one attached hydrogen (secondary N) is 1. The number of pyridine rings is 1. The monoisotopic (exact) mass is 310 g/mol. The normalized spacial score (nSPS) is 22.4. The maximum atomic E-state index is 12.1. The van der Waals surface area contributed by atoms with E-state index in [1.807, 2.05) is 0 Å². The van der Waals surface area contributed by atoms with Crippen LogP contribution < -0.4 is 10.1 Å². The fourth-order valence-electron chi connectivity index (χ4n) is 2.74. The molecule has 5 nitrogen and oxygen atoms in total. The molecule has 3 rings (SSSR count). The van der Waals surface area contributed by atoms with Crippen LogP contribution in [0.3, 0.4) is 0 Å². The lowest BCUT2D eigenvalue weighted by atomic mass is 10.2. The Morgan fingerprint density at radius 2 is 2.19 bits per heavy atom. The predicted molar refractivity (Wildman–Crippen MR) is 78.8 cm³/mol. The van der Waals surface area contributed by atoms with Gasteiger partial charge >= 0.3 is 0 Å². The molecule has 0 radical (unpaired) electrons. The Morgan fingerprint density at radius 1 is 1.38 bits per heavy atom. The van der Waals surface area contributed by atoms with Crippen LogP contribution in [0.15, 0.2) is 12.3 Å². The molecule has 1 atom stereocenters. The third kappa shape index (κ3) is 3.66. The van der Waals surface area contributed by atoms with Gasteiger partial charge in [-0.15, -0.1) is 0 Å². The van der Waals surface area contributed by atoms with Crippen molar-refractivity contribution < 1.29 is 14.3 Å². The average Bonchev–Trinajstić information content (AvgIpc) is 3.14.